The zero-order chi connectivity index (χ0) is 12.3. The van der Waals surface area contributed by atoms with E-state index in [0.717, 1.165) is 11.6 Å². The van der Waals surface area contributed by atoms with E-state index in [1.807, 2.05) is 11.4 Å². The molecule has 0 radical (unpaired) electrons. The van der Waals surface area contributed by atoms with Crippen molar-refractivity contribution in [2.75, 3.05) is 0 Å². The molecular weight excluding hydrogens is 235 g/mol. The van der Waals surface area contributed by atoms with Crippen molar-refractivity contribution in [2.24, 2.45) is 0 Å². The summed E-state index contributed by atoms with van der Waals surface area (Å²) in [6, 6.07) is 7.15. The minimum atomic E-state index is -0.221. The summed E-state index contributed by atoms with van der Waals surface area (Å²) in [7, 11) is 0. The third-order valence-corrected chi connectivity index (χ3v) is 3.21. The number of hydrogen-bond acceptors (Lipinski definition) is 3. The lowest BCUT2D eigenvalue weighted by atomic mass is 10.2. The average Bonchev–Trinajstić information content (AvgIpc) is 2.75. The Labute approximate surface area is 105 Å². The second kappa shape index (κ2) is 5.38. The molecule has 1 aromatic carbocycles. The van der Waals surface area contributed by atoms with E-state index in [-0.39, 0.29) is 5.82 Å². The van der Waals surface area contributed by atoms with Gasteiger partial charge < -0.3 is 5.32 Å². The van der Waals surface area contributed by atoms with Crippen molar-refractivity contribution in [3.8, 4) is 11.3 Å². The first kappa shape index (κ1) is 12.2. The molecule has 0 saturated heterocycles. The van der Waals surface area contributed by atoms with Gasteiger partial charge in [-0.3, -0.25) is 0 Å². The Morgan fingerprint density at radius 2 is 2.12 bits per heavy atom. The predicted molar refractivity (Wildman–Crippen MR) is 69.5 cm³/mol. The van der Waals surface area contributed by atoms with Crippen molar-refractivity contribution in [3.05, 3.63) is 40.5 Å². The van der Waals surface area contributed by atoms with Gasteiger partial charge in [0.05, 0.1) is 5.69 Å². The first-order chi connectivity index (χ1) is 8.16. The van der Waals surface area contributed by atoms with E-state index in [0.29, 0.717) is 17.3 Å². The summed E-state index contributed by atoms with van der Waals surface area (Å²) in [4.78, 5) is 4.43. The number of rotatable bonds is 4. The maximum absolute atomic E-state index is 13.5. The minimum Gasteiger partial charge on any atom is -0.308 e. The highest BCUT2D eigenvalue weighted by atomic mass is 32.1. The van der Waals surface area contributed by atoms with Crippen LogP contribution in [-0.2, 0) is 6.54 Å². The fourth-order valence-corrected chi connectivity index (χ4v) is 2.22. The van der Waals surface area contributed by atoms with Crippen LogP contribution in [0.3, 0.4) is 0 Å². The SMILES string of the molecule is CC(C)NCc1nc(-c2ccccc2F)cs1. The third-order valence-electron chi connectivity index (χ3n) is 2.36. The van der Waals surface area contributed by atoms with Gasteiger partial charge in [-0.25, -0.2) is 9.37 Å². The number of nitrogens with one attached hydrogen (secondary N) is 1. The van der Waals surface area contributed by atoms with Crippen molar-refractivity contribution in [3.63, 3.8) is 0 Å². The lowest BCUT2D eigenvalue weighted by Gasteiger charge is -2.04. The van der Waals surface area contributed by atoms with Crippen LogP contribution in [0.1, 0.15) is 18.9 Å². The highest BCUT2D eigenvalue weighted by Crippen LogP contribution is 2.24. The normalized spacial score (nSPS) is 11.1. The summed E-state index contributed by atoms with van der Waals surface area (Å²) in [5, 5.41) is 6.18. The first-order valence-corrected chi connectivity index (χ1v) is 6.47. The summed E-state index contributed by atoms with van der Waals surface area (Å²) < 4.78 is 13.5. The second-order valence-corrected chi connectivity index (χ2v) is 5.08. The van der Waals surface area contributed by atoms with Gasteiger partial charge in [-0.2, -0.15) is 0 Å². The van der Waals surface area contributed by atoms with Crippen molar-refractivity contribution in [1.82, 2.24) is 10.3 Å². The van der Waals surface area contributed by atoms with E-state index >= 15 is 0 Å². The van der Waals surface area contributed by atoms with Gasteiger partial charge in [-0.05, 0) is 12.1 Å². The lowest BCUT2D eigenvalue weighted by Crippen LogP contribution is -2.21. The molecule has 17 heavy (non-hydrogen) atoms. The van der Waals surface area contributed by atoms with E-state index in [4.69, 9.17) is 0 Å². The highest BCUT2D eigenvalue weighted by molar-refractivity contribution is 7.09. The van der Waals surface area contributed by atoms with Gasteiger partial charge in [0.1, 0.15) is 10.8 Å². The van der Waals surface area contributed by atoms with Crippen LogP contribution in [0.4, 0.5) is 4.39 Å². The summed E-state index contributed by atoms with van der Waals surface area (Å²) >= 11 is 1.55. The number of halogens is 1. The third kappa shape index (κ3) is 3.11. The summed E-state index contributed by atoms with van der Waals surface area (Å²) in [6.07, 6.45) is 0. The fraction of sp³-hybridized carbons (Fsp3) is 0.308. The highest BCUT2D eigenvalue weighted by Gasteiger charge is 2.08. The molecule has 1 N–H and O–H groups in total. The standard InChI is InChI=1S/C13H15FN2S/c1-9(2)15-7-13-16-12(8-17-13)10-5-3-4-6-11(10)14/h3-6,8-9,15H,7H2,1-2H3. The lowest BCUT2D eigenvalue weighted by molar-refractivity contribution is 0.587. The molecule has 4 heteroatoms. The summed E-state index contributed by atoms with van der Waals surface area (Å²) in [6.45, 7) is 4.91. The average molecular weight is 250 g/mol. The van der Waals surface area contributed by atoms with Crippen LogP contribution in [-0.4, -0.2) is 11.0 Å². The molecule has 90 valence electrons. The maximum Gasteiger partial charge on any atom is 0.132 e. The van der Waals surface area contributed by atoms with Crippen LogP contribution in [0, 0.1) is 5.82 Å². The molecule has 1 aromatic heterocycles. The molecule has 0 aliphatic heterocycles. The first-order valence-electron chi connectivity index (χ1n) is 5.59. The smallest absolute Gasteiger partial charge is 0.132 e. The molecule has 0 atom stereocenters. The molecule has 0 unspecified atom stereocenters. The molecule has 0 saturated carbocycles. The summed E-state index contributed by atoms with van der Waals surface area (Å²) in [5.74, 6) is -0.221. The molecular formula is C13H15FN2S. The van der Waals surface area contributed by atoms with Crippen LogP contribution >= 0.6 is 11.3 Å². The molecule has 2 rings (SSSR count). The Kier molecular flexibility index (Phi) is 3.86. The van der Waals surface area contributed by atoms with Crippen LogP contribution in [0.15, 0.2) is 29.6 Å². The van der Waals surface area contributed by atoms with Crippen molar-refractivity contribution >= 4 is 11.3 Å². The number of hydrogen-bond donors (Lipinski definition) is 1. The predicted octanol–water partition coefficient (Wildman–Crippen LogP) is 3.45. The van der Waals surface area contributed by atoms with Gasteiger partial charge in [-0.1, -0.05) is 26.0 Å². The Morgan fingerprint density at radius 1 is 1.35 bits per heavy atom. The Bertz CT molecular complexity index is 494. The van der Waals surface area contributed by atoms with Gasteiger partial charge in [0.25, 0.3) is 0 Å². The van der Waals surface area contributed by atoms with Gasteiger partial charge in [0.2, 0.25) is 0 Å². The van der Waals surface area contributed by atoms with Gasteiger partial charge in [-0.15, -0.1) is 11.3 Å². The fourth-order valence-electron chi connectivity index (χ4n) is 1.48. The topological polar surface area (TPSA) is 24.9 Å². The molecule has 2 aromatic rings. The quantitative estimate of drug-likeness (QED) is 0.899. The molecule has 2 nitrogen and oxygen atoms in total. The zero-order valence-electron chi connectivity index (χ0n) is 9.90. The minimum absolute atomic E-state index is 0.221. The molecule has 0 bridgehead atoms. The van der Waals surface area contributed by atoms with Crippen molar-refractivity contribution < 1.29 is 4.39 Å². The maximum atomic E-state index is 13.5. The van der Waals surface area contributed by atoms with Crippen molar-refractivity contribution in [1.29, 1.82) is 0 Å². The number of benzene rings is 1. The molecule has 1 heterocycles. The largest absolute Gasteiger partial charge is 0.308 e. The molecule has 0 aliphatic rings. The number of aromatic nitrogens is 1. The molecule has 0 amide bonds. The van der Waals surface area contributed by atoms with Crippen molar-refractivity contribution in [2.45, 2.75) is 26.4 Å². The van der Waals surface area contributed by atoms with Gasteiger partial charge in [0, 0.05) is 23.5 Å². The zero-order valence-corrected chi connectivity index (χ0v) is 10.7. The van der Waals surface area contributed by atoms with Gasteiger partial charge in [0.15, 0.2) is 0 Å². The number of nitrogens with zero attached hydrogens (tertiary/aromatic N) is 1. The van der Waals surface area contributed by atoms with E-state index in [9.17, 15) is 4.39 Å². The monoisotopic (exact) mass is 250 g/mol. The van der Waals surface area contributed by atoms with E-state index in [1.165, 1.54) is 6.07 Å². The Balaban J connectivity index is 2.16. The Morgan fingerprint density at radius 3 is 2.82 bits per heavy atom. The van der Waals surface area contributed by atoms with Crippen LogP contribution in [0.25, 0.3) is 11.3 Å². The van der Waals surface area contributed by atoms with E-state index < -0.39 is 0 Å². The number of thiazole rings is 1. The molecule has 0 fully saturated rings. The Hall–Kier alpha value is -1.26. The second-order valence-electron chi connectivity index (χ2n) is 4.14. The van der Waals surface area contributed by atoms with Crippen LogP contribution in [0.2, 0.25) is 0 Å². The summed E-state index contributed by atoms with van der Waals surface area (Å²) in [5.41, 5.74) is 1.29. The van der Waals surface area contributed by atoms with E-state index in [1.54, 1.807) is 23.5 Å². The van der Waals surface area contributed by atoms with Crippen LogP contribution in [0.5, 0.6) is 0 Å². The molecule has 0 spiro atoms. The van der Waals surface area contributed by atoms with Crippen LogP contribution < -0.4 is 5.32 Å². The van der Waals surface area contributed by atoms with Gasteiger partial charge >= 0.3 is 0 Å². The molecule has 0 aliphatic carbocycles. The van der Waals surface area contributed by atoms with E-state index in [2.05, 4.69) is 24.1 Å².